The first-order chi connectivity index (χ1) is 8.99. The molecule has 0 unspecified atom stereocenters. The Hall–Kier alpha value is -1.58. The van der Waals surface area contributed by atoms with Crippen molar-refractivity contribution < 1.29 is 4.79 Å². The van der Waals surface area contributed by atoms with E-state index in [-0.39, 0.29) is 0 Å². The lowest BCUT2D eigenvalue weighted by molar-refractivity contribution is 0.249. The van der Waals surface area contributed by atoms with Gasteiger partial charge in [0, 0.05) is 11.6 Å². The van der Waals surface area contributed by atoms with Crippen molar-refractivity contribution in [2.75, 3.05) is 0 Å². The van der Waals surface area contributed by atoms with Crippen LogP contribution in [0.3, 0.4) is 0 Å². The number of hydrogen-bond donors (Lipinski definition) is 2. The SMILES string of the molecule is CC(C)=CCCC1=CC[C@@H](C(C)=NNC(N)=O)CC1. The molecule has 0 saturated carbocycles. The monoisotopic (exact) mass is 263 g/mol. The smallest absolute Gasteiger partial charge is 0.332 e. The second kappa shape index (κ2) is 7.77. The van der Waals surface area contributed by atoms with Crippen LogP contribution in [0.5, 0.6) is 0 Å². The number of urea groups is 1. The molecular formula is C15H25N3O. The summed E-state index contributed by atoms with van der Waals surface area (Å²) in [5, 5.41) is 4.01. The molecule has 2 amide bonds. The zero-order valence-electron chi connectivity index (χ0n) is 12.2. The maximum absolute atomic E-state index is 10.6. The standard InChI is InChI=1S/C15H25N3O/c1-11(2)5-4-6-13-7-9-14(10-8-13)12(3)17-18-15(16)19/h5,7,14H,4,6,8-10H2,1-3H3,(H3,16,18,19)/t14-/m1/s1. The Kier molecular flexibility index (Phi) is 6.33. The van der Waals surface area contributed by atoms with Gasteiger partial charge in [-0.15, -0.1) is 0 Å². The van der Waals surface area contributed by atoms with Gasteiger partial charge < -0.3 is 5.73 Å². The predicted octanol–water partition coefficient (Wildman–Crippen LogP) is 3.50. The van der Waals surface area contributed by atoms with E-state index in [1.807, 2.05) is 6.92 Å². The third-order valence-corrected chi connectivity index (χ3v) is 3.46. The first kappa shape index (κ1) is 15.5. The van der Waals surface area contributed by atoms with E-state index >= 15 is 0 Å². The number of nitrogens with one attached hydrogen (secondary N) is 1. The van der Waals surface area contributed by atoms with Gasteiger partial charge in [-0.3, -0.25) is 0 Å². The van der Waals surface area contributed by atoms with E-state index in [0.29, 0.717) is 5.92 Å². The molecule has 1 rings (SSSR count). The fourth-order valence-electron chi connectivity index (χ4n) is 2.28. The number of nitrogens with two attached hydrogens (primary N) is 1. The Labute approximate surface area is 115 Å². The van der Waals surface area contributed by atoms with Crippen LogP contribution in [-0.4, -0.2) is 11.7 Å². The van der Waals surface area contributed by atoms with Crippen LogP contribution in [0.2, 0.25) is 0 Å². The summed E-state index contributed by atoms with van der Waals surface area (Å²) in [6.07, 6.45) is 10.2. The van der Waals surface area contributed by atoms with Gasteiger partial charge in [0.1, 0.15) is 0 Å². The van der Waals surface area contributed by atoms with E-state index in [1.165, 1.54) is 5.57 Å². The number of rotatable bonds is 5. The first-order valence-electron chi connectivity index (χ1n) is 6.90. The summed E-state index contributed by atoms with van der Waals surface area (Å²) in [4.78, 5) is 10.6. The van der Waals surface area contributed by atoms with Gasteiger partial charge >= 0.3 is 6.03 Å². The molecule has 0 aromatic carbocycles. The second-order valence-corrected chi connectivity index (χ2v) is 5.38. The van der Waals surface area contributed by atoms with Crippen LogP contribution in [0.1, 0.15) is 52.9 Å². The molecule has 106 valence electrons. The Morgan fingerprint density at radius 3 is 2.79 bits per heavy atom. The summed E-state index contributed by atoms with van der Waals surface area (Å²) >= 11 is 0. The zero-order chi connectivity index (χ0) is 14.3. The van der Waals surface area contributed by atoms with Crippen molar-refractivity contribution in [2.45, 2.75) is 52.9 Å². The maximum Gasteiger partial charge on any atom is 0.332 e. The summed E-state index contributed by atoms with van der Waals surface area (Å²) in [5.74, 6) is 0.430. The number of hydrogen-bond acceptors (Lipinski definition) is 2. The summed E-state index contributed by atoms with van der Waals surface area (Å²) < 4.78 is 0. The number of nitrogens with zero attached hydrogens (tertiary/aromatic N) is 1. The van der Waals surface area contributed by atoms with Crippen LogP contribution in [0.15, 0.2) is 28.4 Å². The third kappa shape index (κ3) is 6.22. The molecule has 4 nitrogen and oxygen atoms in total. The van der Waals surface area contributed by atoms with E-state index in [9.17, 15) is 4.79 Å². The number of amides is 2. The van der Waals surface area contributed by atoms with Crippen molar-refractivity contribution in [3.8, 4) is 0 Å². The summed E-state index contributed by atoms with van der Waals surface area (Å²) in [6, 6.07) is -0.604. The minimum Gasteiger partial charge on any atom is -0.350 e. The van der Waals surface area contributed by atoms with E-state index in [1.54, 1.807) is 5.57 Å². The molecule has 0 radical (unpaired) electrons. The van der Waals surface area contributed by atoms with E-state index in [0.717, 1.165) is 37.8 Å². The molecule has 0 aliphatic heterocycles. The van der Waals surface area contributed by atoms with Gasteiger partial charge in [0.2, 0.25) is 0 Å². The molecule has 1 aliphatic rings. The Morgan fingerprint density at radius 2 is 2.26 bits per heavy atom. The first-order valence-corrected chi connectivity index (χ1v) is 6.90. The van der Waals surface area contributed by atoms with Crippen molar-refractivity contribution in [3.05, 3.63) is 23.3 Å². The number of primary amides is 1. The molecule has 1 atom stereocenters. The molecule has 0 aromatic rings. The third-order valence-electron chi connectivity index (χ3n) is 3.46. The average Bonchev–Trinajstić information content (AvgIpc) is 2.36. The van der Waals surface area contributed by atoms with Crippen molar-refractivity contribution in [2.24, 2.45) is 16.8 Å². The van der Waals surface area contributed by atoms with Gasteiger partial charge in [0.05, 0.1) is 0 Å². The molecule has 4 heteroatoms. The lowest BCUT2D eigenvalue weighted by atomic mass is 9.85. The highest BCUT2D eigenvalue weighted by Gasteiger charge is 2.16. The highest BCUT2D eigenvalue weighted by atomic mass is 16.2. The molecule has 1 aliphatic carbocycles. The molecule has 0 saturated heterocycles. The summed E-state index contributed by atoms with van der Waals surface area (Å²) in [5.41, 5.74) is 11.2. The quantitative estimate of drug-likeness (QED) is 0.445. The average molecular weight is 263 g/mol. The van der Waals surface area contributed by atoms with Gasteiger partial charge in [-0.25, -0.2) is 10.2 Å². The fraction of sp³-hybridized carbons (Fsp3) is 0.600. The predicted molar refractivity (Wildman–Crippen MR) is 79.9 cm³/mol. The summed E-state index contributed by atoms with van der Waals surface area (Å²) in [7, 11) is 0. The van der Waals surface area contributed by atoms with Crippen LogP contribution >= 0.6 is 0 Å². The minimum absolute atomic E-state index is 0.430. The normalized spacial score (nSPS) is 19.6. The van der Waals surface area contributed by atoms with E-state index < -0.39 is 6.03 Å². The van der Waals surface area contributed by atoms with Gasteiger partial charge in [0.25, 0.3) is 0 Å². The molecule has 0 fully saturated rings. The molecule has 0 heterocycles. The largest absolute Gasteiger partial charge is 0.350 e. The zero-order valence-corrected chi connectivity index (χ0v) is 12.2. The van der Waals surface area contributed by atoms with Crippen LogP contribution < -0.4 is 11.2 Å². The van der Waals surface area contributed by atoms with Gasteiger partial charge in [0.15, 0.2) is 0 Å². The fourth-order valence-corrected chi connectivity index (χ4v) is 2.28. The van der Waals surface area contributed by atoms with Gasteiger partial charge in [-0.2, -0.15) is 5.10 Å². The van der Waals surface area contributed by atoms with E-state index in [4.69, 9.17) is 5.73 Å². The molecule has 3 N–H and O–H groups in total. The second-order valence-electron chi connectivity index (χ2n) is 5.38. The number of allylic oxidation sites excluding steroid dienone is 4. The van der Waals surface area contributed by atoms with Crippen LogP contribution in [-0.2, 0) is 0 Å². The topological polar surface area (TPSA) is 67.5 Å². The maximum atomic E-state index is 10.6. The van der Waals surface area contributed by atoms with Gasteiger partial charge in [-0.05, 0) is 52.9 Å². The van der Waals surface area contributed by atoms with Gasteiger partial charge in [-0.1, -0.05) is 23.3 Å². The highest BCUT2D eigenvalue weighted by molar-refractivity contribution is 5.86. The van der Waals surface area contributed by atoms with Crippen molar-refractivity contribution in [1.29, 1.82) is 0 Å². The molecule has 0 spiro atoms. The molecule has 0 aromatic heterocycles. The molecular weight excluding hydrogens is 238 g/mol. The molecule has 19 heavy (non-hydrogen) atoms. The lowest BCUT2D eigenvalue weighted by Crippen LogP contribution is -2.27. The number of carbonyl (C=O) groups excluding carboxylic acids is 1. The lowest BCUT2D eigenvalue weighted by Gasteiger charge is -2.21. The Bertz CT molecular complexity index is 404. The van der Waals surface area contributed by atoms with Crippen molar-refractivity contribution in [1.82, 2.24) is 5.43 Å². The van der Waals surface area contributed by atoms with Crippen LogP contribution in [0, 0.1) is 5.92 Å². The van der Waals surface area contributed by atoms with Crippen molar-refractivity contribution in [3.63, 3.8) is 0 Å². The Balaban J connectivity index is 2.42. The number of hydrazone groups is 1. The highest BCUT2D eigenvalue weighted by Crippen LogP contribution is 2.27. The number of carbonyl (C=O) groups is 1. The van der Waals surface area contributed by atoms with Crippen molar-refractivity contribution >= 4 is 11.7 Å². The van der Waals surface area contributed by atoms with Crippen LogP contribution in [0.25, 0.3) is 0 Å². The van der Waals surface area contributed by atoms with Crippen LogP contribution in [0.4, 0.5) is 4.79 Å². The summed E-state index contributed by atoms with van der Waals surface area (Å²) in [6.45, 7) is 6.22. The minimum atomic E-state index is -0.604. The molecule has 0 bridgehead atoms. The van der Waals surface area contributed by atoms with E-state index in [2.05, 4.69) is 36.5 Å². The Morgan fingerprint density at radius 1 is 1.53 bits per heavy atom.